The maximum absolute atomic E-state index is 9.59. The van der Waals surface area contributed by atoms with E-state index in [1.54, 1.807) is 7.11 Å². The molecule has 3 N–H and O–H groups in total. The summed E-state index contributed by atoms with van der Waals surface area (Å²) in [6, 6.07) is 0. The van der Waals surface area contributed by atoms with Crippen molar-refractivity contribution in [2.45, 2.75) is 63.8 Å². The predicted molar refractivity (Wildman–Crippen MR) is 86.2 cm³/mol. The van der Waals surface area contributed by atoms with Crippen LogP contribution >= 0.6 is 0 Å². The second kappa shape index (κ2) is 11.0. The van der Waals surface area contributed by atoms with E-state index in [-0.39, 0.29) is 24.9 Å². The summed E-state index contributed by atoms with van der Waals surface area (Å²) in [6.45, 7) is 2.54. The van der Waals surface area contributed by atoms with E-state index in [2.05, 4.69) is 6.08 Å². The Balaban J connectivity index is 2.86. The van der Waals surface area contributed by atoms with E-state index < -0.39 is 0 Å². The van der Waals surface area contributed by atoms with E-state index >= 15 is 0 Å². The smallest absolute Gasteiger partial charge is 0.111 e. The lowest BCUT2D eigenvalue weighted by molar-refractivity contribution is -0.0946. The van der Waals surface area contributed by atoms with Gasteiger partial charge < -0.3 is 20.3 Å². The van der Waals surface area contributed by atoms with E-state index in [0.29, 0.717) is 6.54 Å². The van der Waals surface area contributed by atoms with Gasteiger partial charge in [0.25, 0.3) is 0 Å². The van der Waals surface area contributed by atoms with Gasteiger partial charge in [0, 0.05) is 7.11 Å². The van der Waals surface area contributed by atoms with Gasteiger partial charge in [0.1, 0.15) is 12.2 Å². The molecule has 0 aromatic rings. The number of allylic oxidation sites excluding steroid dienone is 1. The van der Waals surface area contributed by atoms with Gasteiger partial charge in [0.15, 0.2) is 0 Å². The van der Waals surface area contributed by atoms with Crippen molar-refractivity contribution in [1.29, 1.82) is 0 Å². The lowest BCUT2D eigenvalue weighted by Gasteiger charge is -2.32. The molecule has 0 heterocycles. The van der Waals surface area contributed by atoms with E-state index in [0.717, 1.165) is 24.8 Å². The number of hydrogen-bond donors (Lipinski definition) is 2. The fourth-order valence-corrected chi connectivity index (χ4v) is 2.80. The minimum Gasteiger partial charge on any atom is -0.394 e. The van der Waals surface area contributed by atoms with Crippen LogP contribution in [-0.2, 0) is 9.47 Å². The highest BCUT2D eigenvalue weighted by atomic mass is 16.5. The molecule has 21 heavy (non-hydrogen) atoms. The SMILES string of the molecule is C/C=C\C(=C/CCN)C(OC1CCCCC1)C(CO)OC. The van der Waals surface area contributed by atoms with Crippen LogP contribution in [0.25, 0.3) is 0 Å². The molecule has 122 valence electrons. The highest BCUT2D eigenvalue weighted by Gasteiger charge is 2.28. The zero-order valence-electron chi connectivity index (χ0n) is 13.5. The van der Waals surface area contributed by atoms with E-state index in [4.69, 9.17) is 15.2 Å². The van der Waals surface area contributed by atoms with E-state index in [9.17, 15) is 5.11 Å². The first kappa shape index (κ1) is 18.4. The maximum Gasteiger partial charge on any atom is 0.111 e. The van der Waals surface area contributed by atoms with Gasteiger partial charge in [-0.05, 0) is 38.3 Å². The molecular formula is C17H31NO3. The van der Waals surface area contributed by atoms with Gasteiger partial charge in [-0.15, -0.1) is 0 Å². The number of nitrogens with two attached hydrogens (primary N) is 1. The van der Waals surface area contributed by atoms with Crippen molar-refractivity contribution in [3.05, 3.63) is 23.8 Å². The quantitative estimate of drug-likeness (QED) is 0.642. The summed E-state index contributed by atoms with van der Waals surface area (Å²) in [6.07, 6.45) is 12.5. The Morgan fingerprint density at radius 2 is 2.05 bits per heavy atom. The summed E-state index contributed by atoms with van der Waals surface area (Å²) >= 11 is 0. The summed E-state index contributed by atoms with van der Waals surface area (Å²) < 4.78 is 11.7. The molecule has 2 unspecified atom stereocenters. The lowest BCUT2D eigenvalue weighted by Crippen LogP contribution is -2.38. The van der Waals surface area contributed by atoms with Gasteiger partial charge >= 0.3 is 0 Å². The largest absolute Gasteiger partial charge is 0.394 e. The number of rotatable bonds is 9. The van der Waals surface area contributed by atoms with Crippen molar-refractivity contribution in [3.63, 3.8) is 0 Å². The second-order valence-corrected chi connectivity index (χ2v) is 5.55. The van der Waals surface area contributed by atoms with Crippen molar-refractivity contribution >= 4 is 0 Å². The van der Waals surface area contributed by atoms with Crippen molar-refractivity contribution in [1.82, 2.24) is 0 Å². The normalized spacial score (nSPS) is 20.9. The molecule has 0 aliphatic heterocycles. The van der Waals surface area contributed by atoms with Crippen molar-refractivity contribution in [3.8, 4) is 0 Å². The average molecular weight is 297 g/mol. The molecule has 0 radical (unpaired) electrons. The Bertz CT molecular complexity index is 318. The molecule has 0 bridgehead atoms. The topological polar surface area (TPSA) is 64.7 Å². The molecule has 1 aliphatic rings. The molecule has 1 saturated carbocycles. The van der Waals surface area contributed by atoms with Gasteiger partial charge in [0.2, 0.25) is 0 Å². The first-order valence-corrected chi connectivity index (χ1v) is 8.08. The van der Waals surface area contributed by atoms with Gasteiger partial charge in [-0.2, -0.15) is 0 Å². The van der Waals surface area contributed by atoms with E-state index in [1.807, 2.05) is 19.1 Å². The van der Waals surface area contributed by atoms with Crippen LogP contribution in [0, 0.1) is 0 Å². The fourth-order valence-electron chi connectivity index (χ4n) is 2.80. The average Bonchev–Trinajstić information content (AvgIpc) is 2.52. The Labute approximate surface area is 129 Å². The highest BCUT2D eigenvalue weighted by Crippen LogP contribution is 2.26. The summed E-state index contributed by atoms with van der Waals surface area (Å²) in [5, 5.41) is 9.59. The van der Waals surface area contributed by atoms with Crippen LogP contribution in [0.1, 0.15) is 45.4 Å². The van der Waals surface area contributed by atoms with Crippen LogP contribution in [0.2, 0.25) is 0 Å². The molecule has 4 nitrogen and oxygen atoms in total. The third-order valence-corrected chi connectivity index (χ3v) is 3.95. The minimum atomic E-state index is -0.341. The van der Waals surface area contributed by atoms with E-state index in [1.165, 1.54) is 19.3 Å². The summed E-state index contributed by atoms with van der Waals surface area (Å²) in [4.78, 5) is 0. The van der Waals surface area contributed by atoms with Gasteiger partial charge in [-0.25, -0.2) is 0 Å². The molecular weight excluding hydrogens is 266 g/mol. The van der Waals surface area contributed by atoms with Crippen molar-refractivity contribution in [2.75, 3.05) is 20.3 Å². The molecule has 1 rings (SSSR count). The van der Waals surface area contributed by atoms with Gasteiger partial charge in [0.05, 0.1) is 12.7 Å². The third-order valence-electron chi connectivity index (χ3n) is 3.95. The van der Waals surface area contributed by atoms with Crippen LogP contribution < -0.4 is 5.73 Å². The number of aliphatic hydroxyl groups excluding tert-OH is 1. The van der Waals surface area contributed by atoms with Crippen LogP contribution in [0.4, 0.5) is 0 Å². The Morgan fingerprint density at radius 3 is 2.57 bits per heavy atom. The molecule has 0 amide bonds. The predicted octanol–water partition coefficient (Wildman–Crippen LogP) is 2.56. The van der Waals surface area contributed by atoms with Gasteiger partial charge in [-0.3, -0.25) is 0 Å². The van der Waals surface area contributed by atoms with Gasteiger partial charge in [-0.1, -0.05) is 37.5 Å². The molecule has 4 heteroatoms. The van der Waals surface area contributed by atoms with Crippen LogP contribution in [-0.4, -0.2) is 43.7 Å². The van der Waals surface area contributed by atoms with Crippen LogP contribution in [0.5, 0.6) is 0 Å². The number of methoxy groups -OCH3 is 1. The summed E-state index contributed by atoms with van der Waals surface area (Å²) in [5.74, 6) is 0. The Hall–Kier alpha value is -0.680. The Morgan fingerprint density at radius 1 is 1.33 bits per heavy atom. The number of hydrogen-bond acceptors (Lipinski definition) is 4. The first-order chi connectivity index (χ1) is 10.3. The highest BCUT2D eigenvalue weighted by molar-refractivity contribution is 5.24. The van der Waals surface area contributed by atoms with Crippen LogP contribution in [0.3, 0.4) is 0 Å². The van der Waals surface area contributed by atoms with Crippen LogP contribution in [0.15, 0.2) is 23.8 Å². The molecule has 0 spiro atoms. The molecule has 1 fully saturated rings. The first-order valence-electron chi connectivity index (χ1n) is 8.08. The maximum atomic E-state index is 9.59. The molecule has 2 atom stereocenters. The molecule has 0 saturated heterocycles. The number of aliphatic hydroxyl groups is 1. The Kier molecular flexibility index (Phi) is 9.59. The lowest BCUT2D eigenvalue weighted by atomic mass is 9.96. The zero-order valence-corrected chi connectivity index (χ0v) is 13.5. The number of ether oxygens (including phenoxy) is 2. The summed E-state index contributed by atoms with van der Waals surface area (Å²) in [5.41, 5.74) is 6.66. The standard InChI is InChI=1S/C17H31NO3/c1-3-8-14(9-7-12-18)17(16(13-19)20-2)21-15-10-5-4-6-11-15/h3,8-9,15-17,19H,4-7,10-13,18H2,1-2H3/b8-3-,14-9+. The summed E-state index contributed by atoms with van der Waals surface area (Å²) in [7, 11) is 1.62. The van der Waals surface area contributed by atoms with Crippen molar-refractivity contribution < 1.29 is 14.6 Å². The zero-order chi connectivity index (χ0) is 15.5. The monoisotopic (exact) mass is 297 g/mol. The molecule has 0 aromatic carbocycles. The third kappa shape index (κ3) is 6.30. The second-order valence-electron chi connectivity index (χ2n) is 5.55. The molecule has 0 aromatic heterocycles. The van der Waals surface area contributed by atoms with Crippen molar-refractivity contribution in [2.24, 2.45) is 5.73 Å². The minimum absolute atomic E-state index is 0.0502. The molecule has 1 aliphatic carbocycles. The fraction of sp³-hybridized carbons (Fsp3) is 0.765.